The molecule has 0 saturated heterocycles. The zero-order valence-electron chi connectivity index (χ0n) is 11.2. The number of ether oxygens (including phenoxy) is 1. The molecule has 0 atom stereocenters. The van der Waals surface area contributed by atoms with Gasteiger partial charge in [-0.2, -0.15) is 0 Å². The van der Waals surface area contributed by atoms with Gasteiger partial charge >= 0.3 is 0 Å². The lowest BCUT2D eigenvalue weighted by Crippen LogP contribution is -2.32. The predicted molar refractivity (Wildman–Crippen MR) is 73.9 cm³/mol. The Balaban J connectivity index is 2.27. The molecule has 6 heteroatoms. The van der Waals surface area contributed by atoms with E-state index in [4.69, 9.17) is 10.5 Å². The third kappa shape index (κ3) is 6.05. The number of rotatable bonds is 8. The fourth-order valence-corrected chi connectivity index (χ4v) is 1.66. The third-order valence-electron chi connectivity index (χ3n) is 2.67. The molecular weight excluding hydrogens is 246 g/mol. The van der Waals surface area contributed by atoms with Crippen molar-refractivity contribution in [2.24, 2.45) is 0 Å². The molecular formula is C13H21N3O3. The molecule has 6 nitrogen and oxygen atoms in total. The van der Waals surface area contributed by atoms with Crippen molar-refractivity contribution in [3.8, 4) is 0 Å². The monoisotopic (exact) mass is 267 g/mol. The Labute approximate surface area is 112 Å². The van der Waals surface area contributed by atoms with Crippen LogP contribution in [0.4, 0.5) is 5.69 Å². The van der Waals surface area contributed by atoms with Crippen LogP contribution in [0.15, 0.2) is 23.1 Å². The Morgan fingerprint density at radius 3 is 2.89 bits per heavy atom. The SMILES string of the molecule is COCCCCCNC(=O)Cn1cc(N)ccc1=O. The second kappa shape index (κ2) is 8.31. The first-order valence-corrected chi connectivity index (χ1v) is 6.35. The van der Waals surface area contributed by atoms with Crippen LogP contribution in [-0.2, 0) is 16.1 Å². The lowest BCUT2D eigenvalue weighted by atomic mass is 10.2. The molecule has 0 fully saturated rings. The van der Waals surface area contributed by atoms with Crippen molar-refractivity contribution in [1.82, 2.24) is 9.88 Å². The molecule has 3 N–H and O–H groups in total. The smallest absolute Gasteiger partial charge is 0.251 e. The minimum Gasteiger partial charge on any atom is -0.398 e. The molecule has 0 bridgehead atoms. The fourth-order valence-electron chi connectivity index (χ4n) is 1.66. The normalized spacial score (nSPS) is 10.4. The summed E-state index contributed by atoms with van der Waals surface area (Å²) in [7, 11) is 1.67. The van der Waals surface area contributed by atoms with Crippen molar-refractivity contribution < 1.29 is 9.53 Å². The van der Waals surface area contributed by atoms with E-state index in [1.54, 1.807) is 7.11 Å². The fraction of sp³-hybridized carbons (Fsp3) is 0.538. The summed E-state index contributed by atoms with van der Waals surface area (Å²) in [6.07, 6.45) is 4.37. The second-order valence-electron chi connectivity index (χ2n) is 4.33. The van der Waals surface area contributed by atoms with Gasteiger partial charge in [0.25, 0.3) is 5.56 Å². The maximum atomic E-state index is 11.6. The van der Waals surface area contributed by atoms with Crippen LogP contribution in [0, 0.1) is 0 Å². The van der Waals surface area contributed by atoms with E-state index in [-0.39, 0.29) is 18.0 Å². The average molecular weight is 267 g/mol. The van der Waals surface area contributed by atoms with Crippen molar-refractivity contribution in [3.05, 3.63) is 28.7 Å². The topological polar surface area (TPSA) is 86.3 Å². The number of unbranched alkanes of at least 4 members (excludes halogenated alkanes) is 2. The second-order valence-corrected chi connectivity index (χ2v) is 4.33. The summed E-state index contributed by atoms with van der Waals surface area (Å²) in [4.78, 5) is 23.1. The molecule has 0 spiro atoms. The van der Waals surface area contributed by atoms with Crippen molar-refractivity contribution in [2.75, 3.05) is 26.0 Å². The molecule has 0 saturated carbocycles. The number of amides is 1. The lowest BCUT2D eigenvalue weighted by molar-refractivity contribution is -0.121. The van der Waals surface area contributed by atoms with E-state index in [0.29, 0.717) is 12.2 Å². The van der Waals surface area contributed by atoms with Crippen LogP contribution in [0.3, 0.4) is 0 Å². The highest BCUT2D eigenvalue weighted by molar-refractivity contribution is 5.75. The maximum absolute atomic E-state index is 11.6. The minimum absolute atomic E-state index is 0.00193. The predicted octanol–water partition coefficient (Wildman–Crippen LogP) is 0.363. The molecule has 1 aromatic heterocycles. The van der Waals surface area contributed by atoms with Crippen LogP contribution in [0.2, 0.25) is 0 Å². The number of aromatic nitrogens is 1. The van der Waals surface area contributed by atoms with Crippen LogP contribution >= 0.6 is 0 Å². The van der Waals surface area contributed by atoms with Crippen LogP contribution in [0.1, 0.15) is 19.3 Å². The van der Waals surface area contributed by atoms with Gasteiger partial charge in [0.1, 0.15) is 6.54 Å². The Hall–Kier alpha value is -1.82. The number of carbonyl (C=O) groups is 1. The summed E-state index contributed by atoms with van der Waals surface area (Å²) >= 11 is 0. The molecule has 0 aliphatic heterocycles. The molecule has 1 aromatic rings. The van der Waals surface area contributed by atoms with Gasteiger partial charge in [-0.15, -0.1) is 0 Å². The number of nitrogens with one attached hydrogen (secondary N) is 1. The minimum atomic E-state index is -0.232. The molecule has 0 aromatic carbocycles. The number of methoxy groups -OCH3 is 1. The summed E-state index contributed by atoms with van der Waals surface area (Å²) in [5.41, 5.74) is 5.80. The van der Waals surface area contributed by atoms with Crippen molar-refractivity contribution >= 4 is 11.6 Å². The largest absolute Gasteiger partial charge is 0.398 e. The van der Waals surface area contributed by atoms with Crippen LogP contribution < -0.4 is 16.6 Å². The summed E-state index contributed by atoms with van der Waals surface area (Å²) in [6, 6.07) is 2.87. The molecule has 1 heterocycles. The number of carbonyl (C=O) groups excluding carboxylic acids is 1. The molecule has 106 valence electrons. The van der Waals surface area contributed by atoms with Crippen LogP contribution in [0.5, 0.6) is 0 Å². The molecule has 0 aliphatic rings. The van der Waals surface area contributed by atoms with Gasteiger partial charge in [-0.1, -0.05) is 0 Å². The number of nitrogens with two attached hydrogens (primary N) is 1. The maximum Gasteiger partial charge on any atom is 0.251 e. The summed E-state index contributed by atoms with van der Waals surface area (Å²) in [6.45, 7) is 1.36. The van der Waals surface area contributed by atoms with E-state index in [2.05, 4.69) is 5.32 Å². The van der Waals surface area contributed by atoms with Gasteiger partial charge in [-0.25, -0.2) is 0 Å². The first-order chi connectivity index (χ1) is 9.13. The number of anilines is 1. The quantitative estimate of drug-likeness (QED) is 0.666. The van der Waals surface area contributed by atoms with E-state index < -0.39 is 0 Å². The van der Waals surface area contributed by atoms with Crippen LogP contribution in [-0.4, -0.2) is 30.7 Å². The van der Waals surface area contributed by atoms with Gasteiger partial charge < -0.3 is 20.4 Å². The Bertz CT molecular complexity index is 457. The van der Waals surface area contributed by atoms with Gasteiger partial charge in [0.2, 0.25) is 5.91 Å². The van der Waals surface area contributed by atoms with Gasteiger partial charge in [-0.05, 0) is 25.3 Å². The summed E-state index contributed by atoms with van der Waals surface area (Å²) in [5, 5.41) is 2.77. The number of hydrogen-bond acceptors (Lipinski definition) is 4. The van der Waals surface area contributed by atoms with Crippen molar-refractivity contribution in [2.45, 2.75) is 25.8 Å². The zero-order valence-corrected chi connectivity index (χ0v) is 11.2. The van der Waals surface area contributed by atoms with E-state index in [0.717, 1.165) is 25.9 Å². The number of hydrogen-bond donors (Lipinski definition) is 2. The highest BCUT2D eigenvalue weighted by Gasteiger charge is 2.03. The molecule has 0 radical (unpaired) electrons. The van der Waals surface area contributed by atoms with Gasteiger partial charge in [0, 0.05) is 38.2 Å². The highest BCUT2D eigenvalue weighted by atomic mass is 16.5. The van der Waals surface area contributed by atoms with E-state index in [9.17, 15) is 9.59 Å². The van der Waals surface area contributed by atoms with E-state index in [1.165, 1.54) is 22.9 Å². The lowest BCUT2D eigenvalue weighted by Gasteiger charge is -2.07. The molecule has 1 rings (SSSR count). The summed E-state index contributed by atoms with van der Waals surface area (Å²) in [5.74, 6) is -0.181. The highest BCUT2D eigenvalue weighted by Crippen LogP contribution is 1.96. The molecule has 0 unspecified atom stereocenters. The Morgan fingerprint density at radius 1 is 1.37 bits per heavy atom. The zero-order chi connectivity index (χ0) is 14.1. The Morgan fingerprint density at radius 2 is 2.16 bits per heavy atom. The van der Waals surface area contributed by atoms with Gasteiger partial charge in [0.05, 0.1) is 0 Å². The Kier molecular flexibility index (Phi) is 6.67. The molecule has 0 aliphatic carbocycles. The first kappa shape index (κ1) is 15.2. The standard InChI is InChI=1S/C13H21N3O3/c1-19-8-4-2-3-7-15-12(17)10-16-9-11(14)5-6-13(16)18/h5-6,9H,2-4,7-8,10,14H2,1H3,(H,15,17). The van der Waals surface area contributed by atoms with Crippen LogP contribution in [0.25, 0.3) is 0 Å². The van der Waals surface area contributed by atoms with Gasteiger partial charge in [-0.3, -0.25) is 9.59 Å². The number of nitrogens with zero attached hydrogens (tertiary/aromatic N) is 1. The number of nitrogen functional groups attached to an aromatic ring is 1. The number of pyridine rings is 1. The molecule has 1 amide bonds. The third-order valence-corrected chi connectivity index (χ3v) is 2.67. The molecule has 19 heavy (non-hydrogen) atoms. The van der Waals surface area contributed by atoms with Crippen molar-refractivity contribution in [3.63, 3.8) is 0 Å². The van der Waals surface area contributed by atoms with E-state index in [1.807, 2.05) is 0 Å². The first-order valence-electron chi connectivity index (χ1n) is 6.35. The van der Waals surface area contributed by atoms with Crippen molar-refractivity contribution in [1.29, 1.82) is 0 Å². The summed E-state index contributed by atoms with van der Waals surface area (Å²) < 4.78 is 6.24. The van der Waals surface area contributed by atoms with E-state index >= 15 is 0 Å². The van der Waals surface area contributed by atoms with Gasteiger partial charge in [0.15, 0.2) is 0 Å². The average Bonchev–Trinajstić information content (AvgIpc) is 2.38.